The average Bonchev–Trinajstić information content (AvgIpc) is 3.08. The number of piperidine rings is 1. The van der Waals surface area contributed by atoms with Crippen molar-refractivity contribution >= 4 is 16.9 Å². The van der Waals surface area contributed by atoms with Crippen LogP contribution in [0, 0.1) is 17.7 Å². The van der Waals surface area contributed by atoms with E-state index in [9.17, 15) is 9.50 Å². The molecule has 7 heteroatoms. The topological polar surface area (TPSA) is 77.9 Å². The summed E-state index contributed by atoms with van der Waals surface area (Å²) in [6.45, 7) is 5.75. The highest BCUT2D eigenvalue weighted by Crippen LogP contribution is 2.30. The van der Waals surface area contributed by atoms with E-state index in [1.165, 1.54) is 6.07 Å². The standard InChI is InChI=1S/C20H24FN5O/c1-12(2)10-13-11-26(9-7-16(13)27)17-6-5-15(21)19(23-17)18-14-4-3-8-22-20(14)25-24-18/h3-6,8,12-13,16,27H,7,9-11H2,1-2H3,(H,22,24,25)/t13-,16-/m1/s1. The highest BCUT2D eigenvalue weighted by Gasteiger charge is 2.29. The van der Waals surface area contributed by atoms with Crippen molar-refractivity contribution in [1.82, 2.24) is 20.2 Å². The Morgan fingerprint density at radius 2 is 2.15 bits per heavy atom. The first-order chi connectivity index (χ1) is 13.0. The minimum Gasteiger partial charge on any atom is -0.393 e. The van der Waals surface area contributed by atoms with E-state index in [4.69, 9.17) is 0 Å². The number of aliphatic hydroxyl groups excluding tert-OH is 1. The molecule has 1 aliphatic heterocycles. The van der Waals surface area contributed by atoms with Crippen LogP contribution < -0.4 is 4.90 Å². The van der Waals surface area contributed by atoms with Crippen LogP contribution in [0.5, 0.6) is 0 Å². The molecule has 0 aliphatic carbocycles. The van der Waals surface area contributed by atoms with Gasteiger partial charge < -0.3 is 10.0 Å². The number of halogens is 1. The third-order valence-electron chi connectivity index (χ3n) is 5.18. The quantitative estimate of drug-likeness (QED) is 0.737. The molecule has 1 saturated heterocycles. The summed E-state index contributed by atoms with van der Waals surface area (Å²) >= 11 is 0. The molecule has 0 bridgehead atoms. The number of nitrogens with zero attached hydrogens (tertiary/aromatic N) is 4. The summed E-state index contributed by atoms with van der Waals surface area (Å²) < 4.78 is 14.5. The maximum absolute atomic E-state index is 14.5. The third kappa shape index (κ3) is 3.51. The number of nitrogens with one attached hydrogen (secondary N) is 1. The number of hydrogen-bond donors (Lipinski definition) is 2. The van der Waals surface area contributed by atoms with E-state index in [0.29, 0.717) is 36.0 Å². The average molecular weight is 369 g/mol. The molecular formula is C20H24FN5O. The molecule has 0 unspecified atom stereocenters. The Bertz CT molecular complexity index is 941. The molecule has 3 aromatic rings. The Hall–Kier alpha value is -2.54. The molecule has 0 aromatic carbocycles. The van der Waals surface area contributed by atoms with Crippen LogP contribution in [0.4, 0.5) is 10.2 Å². The van der Waals surface area contributed by atoms with Crippen molar-refractivity contribution in [3.05, 3.63) is 36.3 Å². The molecule has 3 aromatic heterocycles. The zero-order valence-corrected chi connectivity index (χ0v) is 15.6. The Balaban J connectivity index is 1.66. The predicted molar refractivity (Wildman–Crippen MR) is 103 cm³/mol. The summed E-state index contributed by atoms with van der Waals surface area (Å²) in [5.74, 6) is 1.02. The fourth-order valence-corrected chi connectivity index (χ4v) is 3.87. The molecule has 142 valence electrons. The van der Waals surface area contributed by atoms with E-state index in [-0.39, 0.29) is 17.7 Å². The van der Waals surface area contributed by atoms with Crippen molar-refractivity contribution in [1.29, 1.82) is 0 Å². The molecule has 0 amide bonds. The summed E-state index contributed by atoms with van der Waals surface area (Å²) in [7, 11) is 0. The van der Waals surface area contributed by atoms with Gasteiger partial charge in [-0.1, -0.05) is 13.8 Å². The Morgan fingerprint density at radius 1 is 1.30 bits per heavy atom. The van der Waals surface area contributed by atoms with Crippen LogP contribution in [0.15, 0.2) is 30.5 Å². The fraction of sp³-hybridized carbons (Fsp3) is 0.450. The van der Waals surface area contributed by atoms with Crippen LogP contribution in [-0.4, -0.2) is 44.5 Å². The molecular weight excluding hydrogens is 345 g/mol. The van der Waals surface area contributed by atoms with E-state index < -0.39 is 5.82 Å². The largest absolute Gasteiger partial charge is 0.393 e. The lowest BCUT2D eigenvalue weighted by atomic mass is 9.87. The van der Waals surface area contributed by atoms with Gasteiger partial charge in [-0.3, -0.25) is 5.10 Å². The van der Waals surface area contributed by atoms with Gasteiger partial charge in [-0.15, -0.1) is 0 Å². The molecule has 0 saturated carbocycles. The first kappa shape index (κ1) is 17.9. The minimum absolute atomic E-state index is 0.199. The highest BCUT2D eigenvalue weighted by molar-refractivity contribution is 5.89. The van der Waals surface area contributed by atoms with Gasteiger partial charge in [-0.05, 0) is 43.0 Å². The number of fused-ring (bicyclic) bond motifs is 1. The number of rotatable bonds is 4. The van der Waals surface area contributed by atoms with Gasteiger partial charge >= 0.3 is 0 Å². The van der Waals surface area contributed by atoms with E-state index in [0.717, 1.165) is 18.4 Å². The van der Waals surface area contributed by atoms with Gasteiger partial charge in [-0.25, -0.2) is 14.4 Å². The van der Waals surface area contributed by atoms with E-state index in [1.807, 2.05) is 6.07 Å². The molecule has 27 heavy (non-hydrogen) atoms. The lowest BCUT2D eigenvalue weighted by Gasteiger charge is -2.37. The second-order valence-electron chi connectivity index (χ2n) is 7.66. The summed E-state index contributed by atoms with van der Waals surface area (Å²) in [5.41, 5.74) is 1.30. The summed E-state index contributed by atoms with van der Waals surface area (Å²) in [6, 6.07) is 6.80. The molecule has 0 spiro atoms. The third-order valence-corrected chi connectivity index (χ3v) is 5.18. The van der Waals surface area contributed by atoms with Crippen LogP contribution in [0.25, 0.3) is 22.4 Å². The van der Waals surface area contributed by atoms with Gasteiger partial charge in [0.25, 0.3) is 0 Å². The number of hydrogen-bond acceptors (Lipinski definition) is 5. The van der Waals surface area contributed by atoms with Crippen molar-refractivity contribution in [2.45, 2.75) is 32.8 Å². The summed E-state index contributed by atoms with van der Waals surface area (Å²) in [6.07, 6.45) is 3.03. The van der Waals surface area contributed by atoms with Crippen LogP contribution in [0.2, 0.25) is 0 Å². The lowest BCUT2D eigenvalue weighted by Crippen LogP contribution is -2.44. The van der Waals surface area contributed by atoms with Gasteiger partial charge in [-0.2, -0.15) is 5.10 Å². The number of aromatic nitrogens is 4. The Morgan fingerprint density at radius 3 is 2.96 bits per heavy atom. The molecule has 4 rings (SSSR count). The van der Waals surface area contributed by atoms with Crippen LogP contribution in [0.3, 0.4) is 0 Å². The fourth-order valence-electron chi connectivity index (χ4n) is 3.87. The molecule has 6 nitrogen and oxygen atoms in total. The number of H-pyrrole nitrogens is 1. The van der Waals surface area contributed by atoms with E-state index in [2.05, 4.69) is 38.9 Å². The van der Waals surface area contributed by atoms with Gasteiger partial charge in [0.2, 0.25) is 0 Å². The van der Waals surface area contributed by atoms with Crippen LogP contribution >= 0.6 is 0 Å². The molecule has 1 aliphatic rings. The smallest absolute Gasteiger partial charge is 0.155 e. The van der Waals surface area contributed by atoms with Crippen molar-refractivity contribution in [2.75, 3.05) is 18.0 Å². The van der Waals surface area contributed by atoms with Crippen LogP contribution in [0.1, 0.15) is 26.7 Å². The predicted octanol–water partition coefficient (Wildman–Crippen LogP) is 3.39. The van der Waals surface area contributed by atoms with Gasteiger partial charge in [0, 0.05) is 30.6 Å². The maximum atomic E-state index is 14.5. The number of aliphatic hydroxyl groups is 1. The number of anilines is 1. The zero-order valence-electron chi connectivity index (χ0n) is 15.6. The summed E-state index contributed by atoms with van der Waals surface area (Å²) in [4.78, 5) is 10.9. The molecule has 2 N–H and O–H groups in total. The first-order valence-corrected chi connectivity index (χ1v) is 9.42. The normalized spacial score (nSPS) is 20.6. The second kappa shape index (κ2) is 7.23. The van der Waals surface area contributed by atoms with Gasteiger partial charge in [0.15, 0.2) is 11.5 Å². The molecule has 4 heterocycles. The number of aromatic amines is 1. The first-order valence-electron chi connectivity index (χ1n) is 9.42. The second-order valence-corrected chi connectivity index (χ2v) is 7.66. The number of pyridine rings is 2. The Kier molecular flexibility index (Phi) is 4.78. The monoisotopic (exact) mass is 369 g/mol. The lowest BCUT2D eigenvalue weighted by molar-refractivity contribution is 0.0764. The minimum atomic E-state index is -0.410. The zero-order chi connectivity index (χ0) is 19.0. The van der Waals surface area contributed by atoms with Crippen molar-refractivity contribution in [2.24, 2.45) is 11.8 Å². The van der Waals surface area contributed by atoms with Crippen LogP contribution in [-0.2, 0) is 0 Å². The van der Waals surface area contributed by atoms with Gasteiger partial charge in [0.05, 0.1) is 6.10 Å². The highest BCUT2D eigenvalue weighted by atomic mass is 19.1. The van der Waals surface area contributed by atoms with E-state index >= 15 is 0 Å². The molecule has 1 fully saturated rings. The van der Waals surface area contributed by atoms with E-state index in [1.54, 1.807) is 18.3 Å². The Labute approximate surface area is 157 Å². The SMILES string of the molecule is CC(C)C[C@@H]1CN(c2ccc(F)c(-c3n[nH]c4ncccc34)n2)CC[C@H]1O. The maximum Gasteiger partial charge on any atom is 0.155 e. The summed E-state index contributed by atoms with van der Waals surface area (Å²) in [5, 5.41) is 18.1. The van der Waals surface area contributed by atoms with Crippen molar-refractivity contribution < 1.29 is 9.50 Å². The van der Waals surface area contributed by atoms with Crippen molar-refractivity contribution in [3.63, 3.8) is 0 Å². The van der Waals surface area contributed by atoms with Gasteiger partial charge in [0.1, 0.15) is 17.2 Å². The molecule has 2 atom stereocenters. The van der Waals surface area contributed by atoms with Crippen molar-refractivity contribution in [3.8, 4) is 11.4 Å². The molecule has 0 radical (unpaired) electrons.